The fourth-order valence-corrected chi connectivity index (χ4v) is 3.20. The Kier molecular flexibility index (Phi) is 5.26. The standard InChI is InChI=1S/C21H23NO4/c1-13-10-16-12-19(26-18(16)11-14(13)2)21(25)22-17(8-9-20(23)24)15-6-4-3-5-7-15/h3-7,10-11,17,19H,8-9,12H2,1-2H3,(H,22,25)(H,23,24). The first-order valence-corrected chi connectivity index (χ1v) is 8.78. The highest BCUT2D eigenvalue weighted by Crippen LogP contribution is 2.32. The number of carbonyl (C=O) groups is 2. The van der Waals surface area contributed by atoms with E-state index in [1.165, 1.54) is 5.56 Å². The van der Waals surface area contributed by atoms with Gasteiger partial charge in [0.05, 0.1) is 6.04 Å². The van der Waals surface area contributed by atoms with Crippen LogP contribution in [0.15, 0.2) is 42.5 Å². The van der Waals surface area contributed by atoms with E-state index < -0.39 is 12.1 Å². The van der Waals surface area contributed by atoms with Gasteiger partial charge in [-0.05, 0) is 48.6 Å². The monoisotopic (exact) mass is 353 g/mol. The Morgan fingerprint density at radius 3 is 2.58 bits per heavy atom. The van der Waals surface area contributed by atoms with Gasteiger partial charge in [0, 0.05) is 12.8 Å². The zero-order valence-electron chi connectivity index (χ0n) is 15.0. The Bertz CT molecular complexity index is 785. The van der Waals surface area contributed by atoms with Crippen molar-refractivity contribution in [3.8, 4) is 5.75 Å². The fraction of sp³-hybridized carbons (Fsp3) is 0.333. The van der Waals surface area contributed by atoms with Crippen molar-refractivity contribution in [1.82, 2.24) is 5.32 Å². The molecule has 0 spiro atoms. The number of amides is 1. The third kappa shape index (κ3) is 4.04. The summed E-state index contributed by atoms with van der Waals surface area (Å²) in [5.74, 6) is -0.332. The molecular weight excluding hydrogens is 330 g/mol. The van der Waals surface area contributed by atoms with Gasteiger partial charge >= 0.3 is 5.97 Å². The lowest BCUT2D eigenvalue weighted by atomic mass is 10.0. The summed E-state index contributed by atoms with van der Waals surface area (Å²) < 4.78 is 5.84. The molecule has 3 rings (SSSR count). The normalized spacial score (nSPS) is 16.5. The number of rotatable bonds is 6. The third-order valence-electron chi connectivity index (χ3n) is 4.81. The van der Waals surface area contributed by atoms with Gasteiger partial charge < -0.3 is 15.2 Å². The number of hydrogen-bond acceptors (Lipinski definition) is 3. The maximum Gasteiger partial charge on any atom is 0.303 e. The third-order valence-corrected chi connectivity index (χ3v) is 4.81. The highest BCUT2D eigenvalue weighted by atomic mass is 16.5. The molecule has 0 fully saturated rings. The molecule has 2 N–H and O–H groups in total. The second kappa shape index (κ2) is 7.60. The molecule has 1 aliphatic heterocycles. The predicted molar refractivity (Wildman–Crippen MR) is 98.2 cm³/mol. The minimum Gasteiger partial charge on any atom is -0.481 e. The van der Waals surface area contributed by atoms with E-state index in [-0.39, 0.29) is 18.4 Å². The highest BCUT2D eigenvalue weighted by molar-refractivity contribution is 5.83. The first-order chi connectivity index (χ1) is 12.4. The summed E-state index contributed by atoms with van der Waals surface area (Å²) >= 11 is 0. The number of ether oxygens (including phenoxy) is 1. The summed E-state index contributed by atoms with van der Waals surface area (Å²) in [6.45, 7) is 4.06. The van der Waals surface area contributed by atoms with Crippen LogP contribution in [0.2, 0.25) is 0 Å². The number of hydrogen-bond donors (Lipinski definition) is 2. The average molecular weight is 353 g/mol. The lowest BCUT2D eigenvalue weighted by Crippen LogP contribution is -2.39. The molecule has 0 radical (unpaired) electrons. The minimum absolute atomic E-state index is 0.00994. The Morgan fingerprint density at radius 2 is 1.88 bits per heavy atom. The van der Waals surface area contributed by atoms with Crippen molar-refractivity contribution in [3.63, 3.8) is 0 Å². The molecule has 1 amide bonds. The van der Waals surface area contributed by atoms with Gasteiger partial charge in [-0.15, -0.1) is 0 Å². The van der Waals surface area contributed by atoms with Crippen LogP contribution in [-0.4, -0.2) is 23.1 Å². The molecule has 0 aromatic heterocycles. The van der Waals surface area contributed by atoms with E-state index in [0.717, 1.165) is 22.4 Å². The topological polar surface area (TPSA) is 75.6 Å². The van der Waals surface area contributed by atoms with Crippen LogP contribution < -0.4 is 10.1 Å². The van der Waals surface area contributed by atoms with Gasteiger partial charge in [-0.25, -0.2) is 0 Å². The molecule has 2 unspecified atom stereocenters. The van der Waals surface area contributed by atoms with Crippen LogP contribution in [0.1, 0.15) is 41.1 Å². The van der Waals surface area contributed by atoms with Crippen molar-refractivity contribution >= 4 is 11.9 Å². The van der Waals surface area contributed by atoms with E-state index in [4.69, 9.17) is 9.84 Å². The van der Waals surface area contributed by atoms with Gasteiger partial charge in [0.15, 0.2) is 6.10 Å². The molecule has 0 aliphatic carbocycles. The fourth-order valence-electron chi connectivity index (χ4n) is 3.20. The molecule has 0 saturated carbocycles. The quantitative estimate of drug-likeness (QED) is 0.835. The summed E-state index contributed by atoms with van der Waals surface area (Å²) in [5, 5.41) is 12.0. The molecule has 1 heterocycles. The molecule has 136 valence electrons. The van der Waals surface area contributed by atoms with E-state index in [1.807, 2.05) is 50.2 Å². The molecular formula is C21H23NO4. The van der Waals surface area contributed by atoms with Crippen LogP contribution in [0, 0.1) is 13.8 Å². The molecule has 2 aromatic rings. The molecule has 5 heteroatoms. The van der Waals surface area contributed by atoms with E-state index in [9.17, 15) is 9.59 Å². The summed E-state index contributed by atoms with van der Waals surface area (Å²) in [6.07, 6.45) is 0.276. The average Bonchev–Trinajstić information content (AvgIpc) is 3.02. The highest BCUT2D eigenvalue weighted by Gasteiger charge is 2.31. The maximum atomic E-state index is 12.7. The van der Waals surface area contributed by atoms with Gasteiger partial charge in [0.1, 0.15) is 5.75 Å². The number of aryl methyl sites for hydroxylation is 2. The molecule has 0 bridgehead atoms. The molecule has 0 saturated heterocycles. The summed E-state index contributed by atoms with van der Waals surface area (Å²) in [4.78, 5) is 23.7. The Balaban J connectivity index is 1.71. The number of carboxylic acids is 1. The summed E-state index contributed by atoms with van der Waals surface area (Å²) in [6, 6.07) is 13.1. The Hall–Kier alpha value is -2.82. The first-order valence-electron chi connectivity index (χ1n) is 8.78. The van der Waals surface area contributed by atoms with Gasteiger partial charge in [-0.1, -0.05) is 36.4 Å². The first kappa shape index (κ1) is 18.0. The minimum atomic E-state index is -0.879. The SMILES string of the molecule is Cc1cc2c(cc1C)OC(C(=O)NC(CCC(=O)O)c1ccccc1)C2. The van der Waals surface area contributed by atoms with Crippen molar-refractivity contribution in [3.05, 3.63) is 64.7 Å². The lowest BCUT2D eigenvalue weighted by molar-refractivity contribution is -0.137. The number of aliphatic carboxylic acids is 1. The van der Waals surface area contributed by atoms with Crippen molar-refractivity contribution in [1.29, 1.82) is 0 Å². The van der Waals surface area contributed by atoms with Crippen molar-refractivity contribution in [2.24, 2.45) is 0 Å². The van der Waals surface area contributed by atoms with Gasteiger partial charge in [-0.3, -0.25) is 9.59 Å². The second-order valence-corrected chi connectivity index (χ2v) is 6.76. The Labute approximate surface area is 153 Å². The van der Waals surface area contributed by atoms with Gasteiger partial charge in [-0.2, -0.15) is 0 Å². The number of carboxylic acid groups (broad SMARTS) is 1. The van der Waals surface area contributed by atoms with E-state index >= 15 is 0 Å². The summed E-state index contributed by atoms with van der Waals surface area (Å²) in [7, 11) is 0. The number of benzene rings is 2. The predicted octanol–water partition coefficient (Wildman–Crippen LogP) is 3.33. The molecule has 2 atom stereocenters. The largest absolute Gasteiger partial charge is 0.481 e. The van der Waals surface area contributed by atoms with Gasteiger partial charge in [0.2, 0.25) is 0 Å². The zero-order valence-corrected chi connectivity index (χ0v) is 15.0. The van der Waals surface area contributed by atoms with E-state index in [2.05, 4.69) is 11.4 Å². The summed E-state index contributed by atoms with van der Waals surface area (Å²) in [5.41, 5.74) is 4.24. The van der Waals surface area contributed by atoms with Crippen molar-refractivity contribution < 1.29 is 19.4 Å². The lowest BCUT2D eigenvalue weighted by Gasteiger charge is -2.20. The van der Waals surface area contributed by atoms with E-state index in [0.29, 0.717) is 12.8 Å². The van der Waals surface area contributed by atoms with Crippen molar-refractivity contribution in [2.45, 2.75) is 45.3 Å². The van der Waals surface area contributed by atoms with Crippen LogP contribution in [-0.2, 0) is 16.0 Å². The van der Waals surface area contributed by atoms with Crippen LogP contribution in [0.4, 0.5) is 0 Å². The maximum absolute atomic E-state index is 12.7. The number of carbonyl (C=O) groups excluding carboxylic acids is 1. The van der Waals surface area contributed by atoms with Crippen LogP contribution >= 0.6 is 0 Å². The smallest absolute Gasteiger partial charge is 0.303 e. The number of fused-ring (bicyclic) bond motifs is 1. The van der Waals surface area contributed by atoms with E-state index in [1.54, 1.807) is 0 Å². The Morgan fingerprint density at radius 1 is 1.19 bits per heavy atom. The second-order valence-electron chi connectivity index (χ2n) is 6.76. The van der Waals surface area contributed by atoms with Crippen LogP contribution in [0.5, 0.6) is 5.75 Å². The van der Waals surface area contributed by atoms with Crippen LogP contribution in [0.25, 0.3) is 0 Å². The molecule has 2 aromatic carbocycles. The van der Waals surface area contributed by atoms with Gasteiger partial charge in [0.25, 0.3) is 5.91 Å². The van der Waals surface area contributed by atoms with Crippen LogP contribution in [0.3, 0.4) is 0 Å². The molecule has 26 heavy (non-hydrogen) atoms. The molecule has 5 nitrogen and oxygen atoms in total. The number of nitrogens with one attached hydrogen (secondary N) is 1. The zero-order chi connectivity index (χ0) is 18.7. The molecule has 1 aliphatic rings. The van der Waals surface area contributed by atoms with Crippen molar-refractivity contribution in [2.75, 3.05) is 0 Å².